The van der Waals surface area contributed by atoms with Gasteiger partial charge in [0.05, 0.1) is 5.41 Å². The van der Waals surface area contributed by atoms with Crippen molar-refractivity contribution < 1.29 is 34.1 Å². The monoisotopic (exact) mass is 310 g/mol. The first-order chi connectivity index (χ1) is 10.2. The molecule has 4 rings (SSSR count). The number of carbonyl (C=O) groups excluding carboxylic acids is 3. The van der Waals surface area contributed by atoms with Gasteiger partial charge in [-0.15, -0.1) is 0 Å². The molecule has 7 heteroatoms. The third-order valence-electron chi connectivity index (χ3n) is 6.84. The van der Waals surface area contributed by atoms with Crippen LogP contribution in [0, 0.1) is 22.7 Å². The number of fused-ring (bicyclic) bond motifs is 2. The fraction of sp³-hybridized carbons (Fsp3) is 0.800. The summed E-state index contributed by atoms with van der Waals surface area (Å²) in [4.78, 5) is 36.7. The van der Waals surface area contributed by atoms with Crippen molar-refractivity contribution in [3.8, 4) is 0 Å². The van der Waals surface area contributed by atoms with Crippen LogP contribution in [0.4, 0.5) is 0 Å². The zero-order chi connectivity index (χ0) is 16.1. The molecular weight excluding hydrogens is 292 g/mol. The van der Waals surface area contributed by atoms with Gasteiger partial charge in [-0.3, -0.25) is 9.59 Å². The van der Waals surface area contributed by atoms with E-state index in [0.717, 1.165) is 0 Å². The van der Waals surface area contributed by atoms with Gasteiger partial charge in [-0.2, -0.15) is 0 Å². The van der Waals surface area contributed by atoms with Crippen LogP contribution in [0.25, 0.3) is 0 Å². The summed E-state index contributed by atoms with van der Waals surface area (Å²) in [6, 6.07) is 0. The number of hydrogen-bond acceptors (Lipinski definition) is 7. The van der Waals surface area contributed by atoms with E-state index in [-0.39, 0.29) is 25.2 Å². The van der Waals surface area contributed by atoms with Crippen molar-refractivity contribution in [1.29, 1.82) is 0 Å². The molecule has 2 bridgehead atoms. The molecule has 4 aliphatic rings. The molecule has 22 heavy (non-hydrogen) atoms. The molecule has 0 amide bonds. The van der Waals surface area contributed by atoms with Gasteiger partial charge < -0.3 is 19.7 Å². The Hall–Kier alpha value is -1.47. The Balaban J connectivity index is 2.00. The Morgan fingerprint density at radius 2 is 1.91 bits per heavy atom. The number of ether oxygens (including phenoxy) is 2. The summed E-state index contributed by atoms with van der Waals surface area (Å²) >= 11 is 0. The Labute approximate surface area is 126 Å². The highest BCUT2D eigenvalue weighted by molar-refractivity contribution is 5.94. The van der Waals surface area contributed by atoms with Gasteiger partial charge in [0, 0.05) is 18.3 Å². The zero-order valence-electron chi connectivity index (χ0n) is 12.4. The second-order valence-corrected chi connectivity index (χ2v) is 7.18. The number of carbonyl (C=O) groups is 3. The average molecular weight is 310 g/mol. The largest absolute Gasteiger partial charge is 0.464 e. The zero-order valence-corrected chi connectivity index (χ0v) is 12.4. The van der Waals surface area contributed by atoms with Crippen molar-refractivity contribution in [2.45, 2.75) is 44.5 Å². The molecule has 0 aromatic heterocycles. The summed E-state index contributed by atoms with van der Waals surface area (Å²) in [7, 11) is 0. The van der Waals surface area contributed by atoms with E-state index in [9.17, 15) is 24.6 Å². The first-order valence-corrected chi connectivity index (χ1v) is 7.53. The number of aliphatic hydroxyl groups excluding tert-OH is 1. The molecule has 120 valence electrons. The van der Waals surface area contributed by atoms with E-state index in [4.69, 9.17) is 9.47 Å². The maximum absolute atomic E-state index is 12.4. The van der Waals surface area contributed by atoms with E-state index >= 15 is 0 Å². The second-order valence-electron chi connectivity index (χ2n) is 7.18. The van der Waals surface area contributed by atoms with Crippen LogP contribution < -0.4 is 0 Å². The topological polar surface area (TPSA) is 110 Å². The van der Waals surface area contributed by atoms with Gasteiger partial charge in [-0.1, -0.05) is 13.8 Å². The van der Waals surface area contributed by atoms with Crippen LogP contribution in [0.5, 0.6) is 0 Å². The number of cyclic esters (lactones) is 1. The Bertz CT molecular complexity index is 615. The molecule has 7 nitrogen and oxygen atoms in total. The van der Waals surface area contributed by atoms with Crippen LogP contribution in [0.3, 0.4) is 0 Å². The number of esters is 2. The second kappa shape index (κ2) is 3.71. The summed E-state index contributed by atoms with van der Waals surface area (Å²) in [6.07, 6.45) is -2.30. The fourth-order valence-electron chi connectivity index (χ4n) is 5.37. The SMILES string of the molecule is C[C@H]1[C@@H]2CC3([C@@H](C)C(=O)C[C@@]3(O)C13COC3=O)[C@@H](O)C(=O)O2. The van der Waals surface area contributed by atoms with Crippen molar-refractivity contribution >= 4 is 17.7 Å². The van der Waals surface area contributed by atoms with Crippen LogP contribution in [0.2, 0.25) is 0 Å². The Morgan fingerprint density at radius 1 is 1.23 bits per heavy atom. The molecule has 7 atom stereocenters. The van der Waals surface area contributed by atoms with Gasteiger partial charge in [0.15, 0.2) is 6.10 Å². The summed E-state index contributed by atoms with van der Waals surface area (Å²) in [5, 5.41) is 22.0. The standard InChI is InChI=1S/C15H18O7/c1-6-8(16)3-15(20)13(6)4-9(22-11(18)10(13)17)7(2)14(15)5-21-12(14)19/h6-7,9-10,17,20H,3-5H2,1-2H3/t6-,7-,9-,10-,13?,14?,15-/m0/s1. The van der Waals surface area contributed by atoms with Crippen LogP contribution in [0.1, 0.15) is 26.7 Å². The van der Waals surface area contributed by atoms with Crippen molar-refractivity contribution in [1.82, 2.24) is 0 Å². The van der Waals surface area contributed by atoms with E-state index in [2.05, 4.69) is 0 Å². The maximum Gasteiger partial charge on any atom is 0.335 e. The van der Waals surface area contributed by atoms with E-state index < -0.39 is 52.4 Å². The van der Waals surface area contributed by atoms with Crippen molar-refractivity contribution in [3.05, 3.63) is 0 Å². The first kappa shape index (κ1) is 14.1. The number of aliphatic hydroxyl groups is 2. The minimum atomic E-state index is -1.78. The Morgan fingerprint density at radius 3 is 2.45 bits per heavy atom. The first-order valence-electron chi connectivity index (χ1n) is 7.53. The molecule has 0 aromatic carbocycles. The lowest BCUT2D eigenvalue weighted by Gasteiger charge is -2.66. The lowest BCUT2D eigenvalue weighted by Crippen LogP contribution is -2.80. The number of Topliss-reactive ketones (excluding diaryl/α,β-unsaturated/α-hetero) is 1. The molecule has 2 N–H and O–H groups in total. The van der Waals surface area contributed by atoms with Gasteiger partial charge in [0.2, 0.25) is 0 Å². The summed E-state index contributed by atoms with van der Waals surface area (Å²) in [6.45, 7) is 3.31. The number of ketones is 1. The lowest BCUT2D eigenvalue weighted by atomic mass is 9.44. The molecule has 2 saturated carbocycles. The maximum atomic E-state index is 12.4. The number of rotatable bonds is 0. The summed E-state index contributed by atoms with van der Waals surface area (Å²) < 4.78 is 10.2. The van der Waals surface area contributed by atoms with Gasteiger partial charge in [-0.25, -0.2) is 4.79 Å². The average Bonchev–Trinajstić information content (AvgIpc) is 2.64. The van der Waals surface area contributed by atoms with Crippen molar-refractivity contribution in [3.63, 3.8) is 0 Å². The predicted octanol–water partition coefficient (Wildman–Crippen LogP) is -0.818. The third-order valence-corrected chi connectivity index (χ3v) is 6.84. The molecule has 0 radical (unpaired) electrons. The molecular formula is C15H18O7. The molecule has 2 spiro atoms. The highest BCUT2D eigenvalue weighted by atomic mass is 16.6. The van der Waals surface area contributed by atoms with Gasteiger partial charge in [-0.05, 0) is 6.42 Å². The minimum absolute atomic E-state index is 0.0218. The molecule has 4 fully saturated rings. The highest BCUT2D eigenvalue weighted by Crippen LogP contribution is 2.70. The predicted molar refractivity (Wildman–Crippen MR) is 69.2 cm³/mol. The molecule has 2 aliphatic heterocycles. The van der Waals surface area contributed by atoms with E-state index in [1.54, 1.807) is 13.8 Å². The fourth-order valence-corrected chi connectivity index (χ4v) is 5.37. The van der Waals surface area contributed by atoms with Crippen LogP contribution in [0.15, 0.2) is 0 Å². The normalized spacial score (nSPS) is 56.3. The minimum Gasteiger partial charge on any atom is -0.464 e. The van der Waals surface area contributed by atoms with Crippen LogP contribution in [-0.4, -0.2) is 52.4 Å². The van der Waals surface area contributed by atoms with E-state index in [1.165, 1.54) is 0 Å². The van der Waals surface area contributed by atoms with E-state index in [0.29, 0.717) is 0 Å². The molecule has 2 saturated heterocycles. The van der Waals surface area contributed by atoms with Gasteiger partial charge >= 0.3 is 11.9 Å². The van der Waals surface area contributed by atoms with E-state index in [1.807, 2.05) is 0 Å². The van der Waals surface area contributed by atoms with Crippen molar-refractivity contribution in [2.75, 3.05) is 6.61 Å². The smallest absolute Gasteiger partial charge is 0.335 e. The van der Waals surface area contributed by atoms with Gasteiger partial charge in [0.25, 0.3) is 0 Å². The highest BCUT2D eigenvalue weighted by Gasteiger charge is 2.84. The molecule has 2 unspecified atom stereocenters. The third kappa shape index (κ3) is 1.08. The van der Waals surface area contributed by atoms with Gasteiger partial charge in [0.1, 0.15) is 29.5 Å². The quantitative estimate of drug-likeness (QED) is 0.563. The number of hydrogen-bond donors (Lipinski definition) is 2. The summed E-state index contributed by atoms with van der Waals surface area (Å²) in [5.74, 6) is -2.85. The molecule has 0 aromatic rings. The molecule has 2 aliphatic carbocycles. The lowest BCUT2D eigenvalue weighted by molar-refractivity contribution is -0.321. The van der Waals surface area contributed by atoms with Crippen molar-refractivity contribution in [2.24, 2.45) is 22.7 Å². The molecule has 2 heterocycles. The Kier molecular flexibility index (Phi) is 2.38. The van der Waals surface area contributed by atoms with Crippen LogP contribution >= 0.6 is 0 Å². The van der Waals surface area contributed by atoms with Crippen LogP contribution in [-0.2, 0) is 23.9 Å². The summed E-state index contributed by atoms with van der Waals surface area (Å²) in [5.41, 5.74) is -4.45.